The number of nitrogens with one attached hydrogen (secondary N) is 1. The summed E-state index contributed by atoms with van der Waals surface area (Å²) in [6, 6.07) is 3.83. The molecular formula is C14H15FN2O3. The molecule has 106 valence electrons. The number of carboxylic acid groups (broad SMARTS) is 1. The van der Waals surface area contributed by atoms with Gasteiger partial charge in [-0.25, -0.2) is 14.0 Å². The molecule has 0 bridgehead atoms. The third kappa shape index (κ3) is 3.57. The zero-order valence-electron chi connectivity index (χ0n) is 10.8. The number of amides is 2. The normalized spacial score (nSPS) is 14.8. The van der Waals surface area contributed by atoms with E-state index in [0.29, 0.717) is 5.69 Å². The quantitative estimate of drug-likeness (QED) is 0.835. The van der Waals surface area contributed by atoms with Gasteiger partial charge in [-0.2, -0.15) is 0 Å². The molecule has 20 heavy (non-hydrogen) atoms. The number of hydrogen-bond acceptors (Lipinski definition) is 2. The van der Waals surface area contributed by atoms with Gasteiger partial charge in [0.2, 0.25) is 0 Å². The smallest absolute Gasteiger partial charge is 0.328 e. The third-order valence-electron chi connectivity index (χ3n) is 3.05. The summed E-state index contributed by atoms with van der Waals surface area (Å²) < 4.78 is 13.5. The van der Waals surface area contributed by atoms with Gasteiger partial charge in [-0.3, -0.25) is 0 Å². The van der Waals surface area contributed by atoms with Gasteiger partial charge in [-0.1, -0.05) is 0 Å². The van der Waals surface area contributed by atoms with E-state index in [4.69, 9.17) is 5.11 Å². The number of aliphatic carboxylic acids is 1. The first-order chi connectivity index (χ1) is 9.56. The lowest BCUT2D eigenvalue weighted by Gasteiger charge is -2.16. The second-order valence-electron chi connectivity index (χ2n) is 4.53. The first-order valence-electron chi connectivity index (χ1n) is 6.33. The lowest BCUT2D eigenvalue weighted by molar-refractivity contribution is -0.131. The number of anilines is 1. The highest BCUT2D eigenvalue weighted by atomic mass is 19.1. The van der Waals surface area contributed by atoms with Gasteiger partial charge in [0.1, 0.15) is 5.82 Å². The van der Waals surface area contributed by atoms with E-state index in [1.165, 1.54) is 18.2 Å². The molecule has 2 N–H and O–H groups in total. The van der Waals surface area contributed by atoms with Gasteiger partial charge in [0, 0.05) is 30.4 Å². The monoisotopic (exact) mass is 278 g/mol. The Bertz CT molecular complexity index is 551. The second-order valence-corrected chi connectivity index (χ2v) is 4.53. The average molecular weight is 278 g/mol. The van der Waals surface area contributed by atoms with E-state index in [0.717, 1.165) is 38.1 Å². The van der Waals surface area contributed by atoms with Crippen LogP contribution in [0.25, 0.3) is 6.08 Å². The molecule has 5 nitrogen and oxygen atoms in total. The van der Waals surface area contributed by atoms with Crippen molar-refractivity contribution in [3.05, 3.63) is 35.7 Å². The van der Waals surface area contributed by atoms with E-state index >= 15 is 0 Å². The maximum Gasteiger partial charge on any atom is 0.328 e. The molecule has 2 rings (SSSR count). The molecule has 1 aliphatic heterocycles. The molecule has 0 saturated carbocycles. The van der Waals surface area contributed by atoms with Gasteiger partial charge in [0.05, 0.1) is 0 Å². The molecule has 1 aromatic carbocycles. The molecule has 1 aromatic rings. The minimum atomic E-state index is -1.16. The summed E-state index contributed by atoms with van der Waals surface area (Å²) in [5, 5.41) is 11.2. The largest absolute Gasteiger partial charge is 0.478 e. The number of urea groups is 1. The molecule has 1 saturated heterocycles. The molecule has 6 heteroatoms. The van der Waals surface area contributed by atoms with Crippen LogP contribution in [0.3, 0.4) is 0 Å². The van der Waals surface area contributed by atoms with Gasteiger partial charge in [-0.15, -0.1) is 0 Å². The summed E-state index contributed by atoms with van der Waals surface area (Å²) in [7, 11) is 0. The lowest BCUT2D eigenvalue weighted by atomic mass is 10.1. The van der Waals surface area contributed by atoms with Crippen molar-refractivity contribution >= 4 is 23.8 Å². The maximum atomic E-state index is 13.5. The number of benzene rings is 1. The van der Waals surface area contributed by atoms with Gasteiger partial charge < -0.3 is 15.3 Å². The number of hydrogen-bond donors (Lipinski definition) is 2. The molecule has 2 amide bonds. The Morgan fingerprint density at radius 1 is 1.30 bits per heavy atom. The minimum absolute atomic E-state index is 0.117. The van der Waals surface area contributed by atoms with Crippen molar-refractivity contribution in [2.24, 2.45) is 0 Å². The molecule has 1 aliphatic rings. The molecule has 0 aromatic heterocycles. The fraction of sp³-hybridized carbons (Fsp3) is 0.286. The van der Waals surface area contributed by atoms with E-state index in [2.05, 4.69) is 5.32 Å². The van der Waals surface area contributed by atoms with Crippen LogP contribution in [0.4, 0.5) is 14.9 Å². The fourth-order valence-electron chi connectivity index (χ4n) is 2.03. The number of halogens is 1. The Hall–Kier alpha value is -2.37. The lowest BCUT2D eigenvalue weighted by Crippen LogP contribution is -2.32. The first kappa shape index (κ1) is 14.0. The van der Waals surface area contributed by atoms with Crippen LogP contribution in [-0.4, -0.2) is 35.1 Å². The highest BCUT2D eigenvalue weighted by molar-refractivity contribution is 5.90. The van der Waals surface area contributed by atoms with Gasteiger partial charge >= 0.3 is 12.0 Å². The Labute approximate surface area is 115 Å². The molecule has 0 unspecified atom stereocenters. The summed E-state index contributed by atoms with van der Waals surface area (Å²) in [5.74, 6) is -1.70. The van der Waals surface area contributed by atoms with Crippen LogP contribution in [0.5, 0.6) is 0 Å². The predicted molar refractivity (Wildman–Crippen MR) is 72.9 cm³/mol. The van der Waals surface area contributed by atoms with Crippen molar-refractivity contribution in [2.45, 2.75) is 12.8 Å². The van der Waals surface area contributed by atoms with E-state index in [-0.39, 0.29) is 11.6 Å². The van der Waals surface area contributed by atoms with Crippen molar-refractivity contribution in [2.75, 3.05) is 18.4 Å². The molecule has 0 spiro atoms. The maximum absolute atomic E-state index is 13.5. The SMILES string of the molecule is O=C(O)/C=C/c1cc(NC(=O)N2CCCC2)ccc1F. The molecule has 0 radical (unpaired) electrons. The van der Waals surface area contributed by atoms with Crippen LogP contribution in [0.1, 0.15) is 18.4 Å². The van der Waals surface area contributed by atoms with E-state index in [1.807, 2.05) is 0 Å². The highest BCUT2D eigenvalue weighted by Crippen LogP contribution is 2.17. The number of likely N-dealkylation sites (tertiary alicyclic amines) is 1. The van der Waals surface area contributed by atoms with Gasteiger partial charge in [0.15, 0.2) is 0 Å². The summed E-state index contributed by atoms with van der Waals surface area (Å²) >= 11 is 0. The number of carbonyl (C=O) groups is 2. The van der Waals surface area contributed by atoms with Crippen molar-refractivity contribution in [1.82, 2.24) is 4.90 Å². The van der Waals surface area contributed by atoms with E-state index in [1.54, 1.807) is 4.90 Å². The molecule has 1 heterocycles. The molecule has 0 aliphatic carbocycles. The summed E-state index contributed by atoms with van der Waals surface area (Å²) in [5.41, 5.74) is 0.556. The van der Waals surface area contributed by atoms with Crippen LogP contribution >= 0.6 is 0 Å². The zero-order valence-corrected chi connectivity index (χ0v) is 10.8. The van der Waals surface area contributed by atoms with Crippen molar-refractivity contribution in [1.29, 1.82) is 0 Å². The summed E-state index contributed by atoms with van der Waals surface area (Å²) in [6.07, 6.45) is 3.99. The van der Waals surface area contributed by atoms with Crippen molar-refractivity contribution in [3.8, 4) is 0 Å². The van der Waals surface area contributed by atoms with Crippen molar-refractivity contribution in [3.63, 3.8) is 0 Å². The number of carboxylic acids is 1. The van der Waals surface area contributed by atoms with Crippen LogP contribution in [-0.2, 0) is 4.79 Å². The van der Waals surface area contributed by atoms with E-state index < -0.39 is 11.8 Å². The molecule has 0 atom stereocenters. The topological polar surface area (TPSA) is 69.6 Å². The van der Waals surface area contributed by atoms with Crippen LogP contribution in [0.15, 0.2) is 24.3 Å². The van der Waals surface area contributed by atoms with Crippen LogP contribution < -0.4 is 5.32 Å². The Morgan fingerprint density at radius 2 is 2.00 bits per heavy atom. The number of rotatable bonds is 3. The van der Waals surface area contributed by atoms with Crippen molar-refractivity contribution < 1.29 is 19.1 Å². The standard InChI is InChI=1S/C14H15FN2O3/c15-12-5-4-11(9-10(12)3-6-13(18)19)16-14(20)17-7-1-2-8-17/h3-6,9H,1-2,7-8H2,(H,16,20)(H,18,19)/b6-3+. The minimum Gasteiger partial charge on any atom is -0.478 e. The number of carbonyl (C=O) groups excluding carboxylic acids is 1. The van der Waals surface area contributed by atoms with Crippen LogP contribution in [0.2, 0.25) is 0 Å². The first-order valence-corrected chi connectivity index (χ1v) is 6.33. The summed E-state index contributed by atoms with van der Waals surface area (Å²) in [6.45, 7) is 1.44. The van der Waals surface area contributed by atoms with Gasteiger partial charge in [0.25, 0.3) is 0 Å². The molecule has 1 fully saturated rings. The second kappa shape index (κ2) is 6.18. The molecular weight excluding hydrogens is 263 g/mol. The van der Waals surface area contributed by atoms with Gasteiger partial charge in [-0.05, 0) is 37.1 Å². The zero-order chi connectivity index (χ0) is 14.5. The predicted octanol–water partition coefficient (Wildman–Crippen LogP) is 2.55. The van der Waals surface area contributed by atoms with Crippen LogP contribution in [0, 0.1) is 5.82 Å². The highest BCUT2D eigenvalue weighted by Gasteiger charge is 2.17. The third-order valence-corrected chi connectivity index (χ3v) is 3.05. The summed E-state index contributed by atoms with van der Waals surface area (Å²) in [4.78, 5) is 24.0. The Morgan fingerprint density at radius 3 is 2.65 bits per heavy atom. The van der Waals surface area contributed by atoms with E-state index in [9.17, 15) is 14.0 Å². The average Bonchev–Trinajstić information content (AvgIpc) is 2.93. The Kier molecular flexibility index (Phi) is 4.34. The number of nitrogens with zero attached hydrogens (tertiary/aromatic N) is 1. The Balaban J connectivity index is 2.10. The fourth-order valence-corrected chi connectivity index (χ4v) is 2.03.